The van der Waals surface area contributed by atoms with Gasteiger partial charge < -0.3 is 9.80 Å². The lowest BCUT2D eigenvalue weighted by atomic mass is 10.1. The van der Waals surface area contributed by atoms with Crippen LogP contribution in [0.3, 0.4) is 0 Å². The number of hydrogen-bond donors (Lipinski definition) is 0. The fraction of sp³-hybridized carbons (Fsp3) is 0.278. The van der Waals surface area contributed by atoms with E-state index in [1.165, 1.54) is 10.1 Å². The first kappa shape index (κ1) is 16.2. The molecule has 8 nitrogen and oxygen atoms in total. The van der Waals surface area contributed by atoms with Crippen LogP contribution in [0.15, 0.2) is 42.6 Å². The van der Waals surface area contributed by atoms with Crippen LogP contribution in [-0.2, 0) is 11.3 Å². The molecule has 0 bridgehead atoms. The van der Waals surface area contributed by atoms with Crippen molar-refractivity contribution >= 4 is 17.5 Å². The Bertz CT molecular complexity index is 965. The number of fused-ring (bicyclic) bond motifs is 1. The minimum absolute atomic E-state index is 0.0459. The number of carbonyl (C=O) groups is 2. The van der Waals surface area contributed by atoms with Gasteiger partial charge in [0.2, 0.25) is 5.91 Å². The Balaban J connectivity index is 1.43. The highest BCUT2D eigenvalue weighted by molar-refractivity contribution is 5.97. The maximum atomic E-state index is 12.7. The van der Waals surface area contributed by atoms with Gasteiger partial charge >= 0.3 is 0 Å². The summed E-state index contributed by atoms with van der Waals surface area (Å²) in [5.74, 6) is -0.228. The fourth-order valence-electron chi connectivity index (χ4n) is 3.02. The monoisotopic (exact) mass is 350 g/mol. The first-order valence-corrected chi connectivity index (χ1v) is 8.40. The van der Waals surface area contributed by atoms with E-state index in [9.17, 15) is 9.59 Å². The number of pyridine rings is 1. The highest BCUT2D eigenvalue weighted by Gasteiger charge is 2.28. The van der Waals surface area contributed by atoms with E-state index in [4.69, 9.17) is 0 Å². The molecule has 4 rings (SSSR count). The number of nitrogens with zero attached hydrogens (tertiary/aromatic N) is 6. The molecule has 0 atom stereocenters. The lowest BCUT2D eigenvalue weighted by Crippen LogP contribution is -2.51. The first-order valence-electron chi connectivity index (χ1n) is 8.40. The van der Waals surface area contributed by atoms with Crippen molar-refractivity contribution in [2.75, 3.05) is 19.6 Å². The van der Waals surface area contributed by atoms with Gasteiger partial charge in [-0.05, 0) is 35.0 Å². The third-order valence-electron chi connectivity index (χ3n) is 4.55. The first-order chi connectivity index (χ1) is 12.6. The van der Waals surface area contributed by atoms with E-state index in [1.54, 1.807) is 28.1 Å². The Labute approximate surface area is 150 Å². The number of aryl methyl sites for hydroxylation is 1. The Kier molecular flexibility index (Phi) is 4.08. The number of amides is 2. The Hall–Kier alpha value is -3.29. The molecule has 3 aromatic rings. The second kappa shape index (κ2) is 6.55. The van der Waals surface area contributed by atoms with Crippen molar-refractivity contribution in [1.82, 2.24) is 29.8 Å². The van der Waals surface area contributed by atoms with Crippen molar-refractivity contribution in [3.63, 3.8) is 0 Å². The topological polar surface area (TPSA) is 83.7 Å². The van der Waals surface area contributed by atoms with Crippen LogP contribution >= 0.6 is 0 Å². The highest BCUT2D eigenvalue weighted by atomic mass is 16.2. The largest absolute Gasteiger partial charge is 0.335 e. The third-order valence-corrected chi connectivity index (χ3v) is 4.55. The van der Waals surface area contributed by atoms with Gasteiger partial charge in [-0.2, -0.15) is 0 Å². The number of aromatic nitrogens is 4. The molecule has 1 saturated heterocycles. The smallest absolute Gasteiger partial charge is 0.254 e. The quantitative estimate of drug-likeness (QED) is 0.701. The molecule has 0 unspecified atom stereocenters. The van der Waals surface area contributed by atoms with Crippen LogP contribution in [0.4, 0.5) is 0 Å². The summed E-state index contributed by atoms with van der Waals surface area (Å²) in [5, 5.41) is 11.2. The average molecular weight is 350 g/mol. The van der Waals surface area contributed by atoms with Gasteiger partial charge in [-0.3, -0.25) is 9.59 Å². The Morgan fingerprint density at radius 3 is 2.73 bits per heavy atom. The van der Waals surface area contributed by atoms with E-state index < -0.39 is 0 Å². The zero-order chi connectivity index (χ0) is 18.1. The minimum atomic E-state index is -0.182. The number of hydrogen-bond acceptors (Lipinski definition) is 5. The van der Waals surface area contributed by atoms with E-state index in [-0.39, 0.29) is 18.4 Å². The predicted molar refractivity (Wildman–Crippen MR) is 93.3 cm³/mol. The van der Waals surface area contributed by atoms with E-state index >= 15 is 0 Å². The SMILES string of the molecule is Cc1ccc(CN2CCN(C(=O)c3ccn4nnnc4c3)CC2=O)cc1. The maximum Gasteiger partial charge on any atom is 0.254 e. The summed E-state index contributed by atoms with van der Waals surface area (Å²) in [6, 6.07) is 11.4. The standard InChI is InChI=1S/C18H18N6O2/c1-13-2-4-14(5-3-13)11-22-8-9-23(12-17(22)25)18(26)15-6-7-24-16(10-15)19-20-21-24/h2-7,10H,8-9,11-12H2,1H3. The highest BCUT2D eigenvalue weighted by Crippen LogP contribution is 2.14. The van der Waals surface area contributed by atoms with Crippen molar-refractivity contribution in [1.29, 1.82) is 0 Å². The molecule has 0 spiro atoms. The molecule has 2 aromatic heterocycles. The lowest BCUT2D eigenvalue weighted by Gasteiger charge is -2.34. The molecule has 2 amide bonds. The van der Waals surface area contributed by atoms with Crippen LogP contribution in [0.25, 0.3) is 5.65 Å². The normalized spacial score (nSPS) is 14.9. The van der Waals surface area contributed by atoms with Gasteiger partial charge in [-0.15, -0.1) is 5.10 Å². The number of piperazine rings is 1. The van der Waals surface area contributed by atoms with Crippen LogP contribution < -0.4 is 0 Å². The van der Waals surface area contributed by atoms with Gasteiger partial charge in [0.25, 0.3) is 5.91 Å². The van der Waals surface area contributed by atoms with Crippen molar-refractivity contribution < 1.29 is 9.59 Å². The van der Waals surface area contributed by atoms with Crippen LogP contribution in [-0.4, -0.2) is 61.3 Å². The van der Waals surface area contributed by atoms with Crippen LogP contribution in [0.2, 0.25) is 0 Å². The summed E-state index contributed by atoms with van der Waals surface area (Å²) < 4.78 is 1.49. The molecule has 0 N–H and O–H groups in total. The molecule has 132 valence electrons. The predicted octanol–water partition coefficient (Wildman–Crippen LogP) is 0.917. The second-order valence-electron chi connectivity index (χ2n) is 6.42. The minimum Gasteiger partial charge on any atom is -0.335 e. The molecule has 1 fully saturated rings. The number of benzene rings is 1. The van der Waals surface area contributed by atoms with Gasteiger partial charge in [-0.1, -0.05) is 29.8 Å². The fourth-order valence-corrected chi connectivity index (χ4v) is 3.02. The summed E-state index contributed by atoms with van der Waals surface area (Å²) in [4.78, 5) is 28.5. The number of rotatable bonds is 3. The van der Waals surface area contributed by atoms with Crippen molar-refractivity contribution in [3.8, 4) is 0 Å². The molecular formula is C18H18N6O2. The Morgan fingerprint density at radius 1 is 1.15 bits per heavy atom. The summed E-state index contributed by atoms with van der Waals surface area (Å²) >= 11 is 0. The van der Waals surface area contributed by atoms with E-state index in [2.05, 4.69) is 15.5 Å². The van der Waals surface area contributed by atoms with Crippen LogP contribution in [0, 0.1) is 6.92 Å². The summed E-state index contributed by atoms with van der Waals surface area (Å²) in [5.41, 5.74) is 3.26. The Morgan fingerprint density at radius 2 is 1.96 bits per heavy atom. The van der Waals surface area contributed by atoms with E-state index in [1.807, 2.05) is 31.2 Å². The van der Waals surface area contributed by atoms with Crippen LogP contribution in [0.5, 0.6) is 0 Å². The van der Waals surface area contributed by atoms with E-state index in [0.717, 1.165) is 5.56 Å². The molecule has 0 radical (unpaired) electrons. The molecule has 1 aromatic carbocycles. The lowest BCUT2D eigenvalue weighted by molar-refractivity contribution is -0.135. The van der Waals surface area contributed by atoms with Gasteiger partial charge in [-0.25, -0.2) is 4.52 Å². The summed E-state index contributed by atoms with van der Waals surface area (Å²) in [6.07, 6.45) is 1.64. The molecular weight excluding hydrogens is 332 g/mol. The zero-order valence-electron chi connectivity index (χ0n) is 14.4. The summed E-state index contributed by atoms with van der Waals surface area (Å²) in [6.45, 7) is 3.71. The van der Waals surface area contributed by atoms with Gasteiger partial charge in [0.05, 0.1) is 0 Å². The maximum absolute atomic E-state index is 12.7. The molecule has 0 aliphatic carbocycles. The molecule has 1 aliphatic heterocycles. The molecule has 8 heteroatoms. The molecule has 26 heavy (non-hydrogen) atoms. The number of tetrazole rings is 1. The molecule has 0 saturated carbocycles. The van der Waals surface area contributed by atoms with E-state index in [0.29, 0.717) is 30.8 Å². The van der Waals surface area contributed by atoms with Gasteiger partial charge in [0.1, 0.15) is 6.54 Å². The van der Waals surface area contributed by atoms with Gasteiger partial charge in [0.15, 0.2) is 5.65 Å². The molecule has 1 aliphatic rings. The summed E-state index contributed by atoms with van der Waals surface area (Å²) in [7, 11) is 0. The molecule has 3 heterocycles. The van der Waals surface area contributed by atoms with Crippen LogP contribution in [0.1, 0.15) is 21.5 Å². The van der Waals surface area contributed by atoms with Crippen molar-refractivity contribution in [3.05, 3.63) is 59.3 Å². The van der Waals surface area contributed by atoms with Gasteiger partial charge in [0, 0.05) is 31.4 Å². The number of carbonyl (C=O) groups excluding carboxylic acids is 2. The average Bonchev–Trinajstić information content (AvgIpc) is 3.12. The second-order valence-corrected chi connectivity index (χ2v) is 6.42. The zero-order valence-corrected chi connectivity index (χ0v) is 14.4. The third kappa shape index (κ3) is 3.13. The van der Waals surface area contributed by atoms with Crippen molar-refractivity contribution in [2.45, 2.75) is 13.5 Å². The van der Waals surface area contributed by atoms with Crippen molar-refractivity contribution in [2.24, 2.45) is 0 Å².